The Morgan fingerprint density at radius 1 is 0.947 bits per heavy atom. The number of thiol groups is 1. The van der Waals surface area contributed by atoms with E-state index in [1.807, 2.05) is 31.1 Å². The van der Waals surface area contributed by atoms with Crippen molar-refractivity contribution in [2.75, 3.05) is 60.2 Å². The minimum atomic E-state index is -0.428. The van der Waals surface area contributed by atoms with Crippen LogP contribution in [0.15, 0.2) is 18.2 Å². The van der Waals surface area contributed by atoms with Crippen LogP contribution in [-0.2, 0) is 27.5 Å². The van der Waals surface area contributed by atoms with Crippen LogP contribution in [0.5, 0.6) is 5.75 Å². The van der Waals surface area contributed by atoms with Crippen molar-refractivity contribution in [2.45, 2.75) is 65.0 Å². The summed E-state index contributed by atoms with van der Waals surface area (Å²) in [5.41, 5.74) is 1.73. The van der Waals surface area contributed by atoms with E-state index in [1.54, 1.807) is 36.9 Å². The molecule has 1 aromatic carbocycles. The lowest BCUT2D eigenvalue weighted by molar-refractivity contribution is -0.129. The maximum atomic E-state index is 12.7. The second kappa shape index (κ2) is 19.7. The zero-order valence-electron chi connectivity index (χ0n) is 24.0. The molecule has 0 radical (unpaired) electrons. The Labute approximate surface area is 234 Å². The molecule has 9 nitrogen and oxygen atoms in total. The third-order valence-electron chi connectivity index (χ3n) is 6.15. The van der Waals surface area contributed by atoms with E-state index in [9.17, 15) is 14.4 Å². The highest BCUT2D eigenvalue weighted by atomic mass is 32.1. The van der Waals surface area contributed by atoms with Crippen LogP contribution in [0, 0.1) is 0 Å². The van der Waals surface area contributed by atoms with Crippen LogP contribution in [-0.4, -0.2) is 92.8 Å². The highest BCUT2D eigenvalue weighted by molar-refractivity contribution is 7.80. The number of benzene rings is 1. The molecule has 3 amide bonds. The first-order chi connectivity index (χ1) is 18.2. The maximum absolute atomic E-state index is 12.7. The summed E-state index contributed by atoms with van der Waals surface area (Å²) in [5, 5.41) is 2.91. The van der Waals surface area contributed by atoms with E-state index < -0.39 is 6.09 Å². The number of amides is 3. The molecule has 0 aliphatic heterocycles. The molecule has 0 aromatic heterocycles. The van der Waals surface area contributed by atoms with Crippen molar-refractivity contribution < 1.29 is 23.9 Å². The van der Waals surface area contributed by atoms with Gasteiger partial charge in [-0.05, 0) is 50.4 Å². The average Bonchev–Trinajstić information content (AvgIpc) is 2.86. The number of hydrogen-bond acceptors (Lipinski definition) is 7. The SMILES string of the molecule is COCc1ccc(OC(=O)N(C)CCN(C)C)c(CN(CCCCCCCCNC(=O)CCS)C(C)=O)c1. The average molecular weight is 553 g/mol. The molecule has 38 heavy (non-hydrogen) atoms. The summed E-state index contributed by atoms with van der Waals surface area (Å²) in [6.07, 6.45) is 6.19. The Morgan fingerprint density at radius 3 is 2.26 bits per heavy atom. The molecule has 0 saturated carbocycles. The Kier molecular flexibility index (Phi) is 17.5. The molecule has 1 N–H and O–H groups in total. The number of carbonyl (C=O) groups excluding carboxylic acids is 3. The first-order valence-electron chi connectivity index (χ1n) is 13.5. The normalized spacial score (nSPS) is 10.9. The molecule has 0 spiro atoms. The summed E-state index contributed by atoms with van der Waals surface area (Å²) in [5.74, 6) is 1.08. The quantitative estimate of drug-likeness (QED) is 0.200. The van der Waals surface area contributed by atoms with Crippen LogP contribution in [0.3, 0.4) is 0 Å². The van der Waals surface area contributed by atoms with Gasteiger partial charge < -0.3 is 29.5 Å². The van der Waals surface area contributed by atoms with Crippen LogP contribution in [0.2, 0.25) is 0 Å². The first-order valence-corrected chi connectivity index (χ1v) is 14.1. The molecule has 0 aliphatic rings. The maximum Gasteiger partial charge on any atom is 0.415 e. The molecule has 1 rings (SSSR count). The molecule has 10 heteroatoms. The Bertz CT molecular complexity index is 853. The first kappa shape index (κ1) is 33.7. The fourth-order valence-corrected chi connectivity index (χ4v) is 4.03. The molecule has 0 saturated heterocycles. The molecule has 0 fully saturated rings. The second-order valence-electron chi connectivity index (χ2n) is 9.85. The summed E-state index contributed by atoms with van der Waals surface area (Å²) < 4.78 is 11.0. The van der Waals surface area contributed by atoms with Crippen LogP contribution in [0.4, 0.5) is 4.79 Å². The predicted octanol–water partition coefficient (Wildman–Crippen LogP) is 3.95. The van der Waals surface area contributed by atoms with Crippen molar-refractivity contribution in [2.24, 2.45) is 0 Å². The molecule has 0 unspecified atom stereocenters. The van der Waals surface area contributed by atoms with Gasteiger partial charge in [0.2, 0.25) is 11.8 Å². The largest absolute Gasteiger partial charge is 0.415 e. The fourth-order valence-electron chi connectivity index (χ4n) is 3.83. The molecular formula is C28H48N4O5S. The van der Waals surface area contributed by atoms with E-state index in [0.717, 1.165) is 56.2 Å². The van der Waals surface area contributed by atoms with E-state index >= 15 is 0 Å². The third-order valence-corrected chi connectivity index (χ3v) is 6.37. The molecule has 0 bridgehead atoms. The number of ether oxygens (including phenoxy) is 2. The minimum absolute atomic E-state index is 0.0144. The predicted molar refractivity (Wildman–Crippen MR) is 155 cm³/mol. The van der Waals surface area contributed by atoms with Crippen LogP contribution < -0.4 is 10.1 Å². The number of unbranched alkanes of at least 4 members (excludes halogenated alkanes) is 5. The number of carbonyl (C=O) groups is 3. The number of methoxy groups -OCH3 is 1. The molecule has 216 valence electrons. The van der Waals surface area contributed by atoms with E-state index in [2.05, 4.69) is 17.9 Å². The number of likely N-dealkylation sites (N-methyl/N-ethyl adjacent to an activating group) is 2. The monoisotopic (exact) mass is 552 g/mol. The van der Waals surface area contributed by atoms with Crippen LogP contribution >= 0.6 is 12.6 Å². The van der Waals surface area contributed by atoms with Gasteiger partial charge in [-0.25, -0.2) is 4.79 Å². The lowest BCUT2D eigenvalue weighted by atomic mass is 10.1. The van der Waals surface area contributed by atoms with Gasteiger partial charge in [0.05, 0.1) is 6.61 Å². The second-order valence-corrected chi connectivity index (χ2v) is 10.3. The van der Waals surface area contributed by atoms with Crippen molar-refractivity contribution >= 4 is 30.5 Å². The van der Waals surface area contributed by atoms with E-state index in [0.29, 0.717) is 50.7 Å². The van der Waals surface area contributed by atoms with E-state index in [4.69, 9.17) is 9.47 Å². The van der Waals surface area contributed by atoms with Crippen LogP contribution in [0.1, 0.15) is 63.0 Å². The van der Waals surface area contributed by atoms with Gasteiger partial charge in [-0.2, -0.15) is 12.6 Å². The highest BCUT2D eigenvalue weighted by Gasteiger charge is 2.18. The zero-order chi connectivity index (χ0) is 28.3. The van der Waals surface area contributed by atoms with Gasteiger partial charge in [0.25, 0.3) is 0 Å². The van der Waals surface area contributed by atoms with Crippen molar-refractivity contribution in [1.82, 2.24) is 20.0 Å². The van der Waals surface area contributed by atoms with E-state index in [1.165, 1.54) is 0 Å². The summed E-state index contributed by atoms with van der Waals surface area (Å²) >= 11 is 4.06. The minimum Gasteiger partial charge on any atom is -0.410 e. The molecule has 0 atom stereocenters. The molecule has 0 aliphatic carbocycles. The van der Waals surface area contributed by atoms with Crippen molar-refractivity contribution in [3.05, 3.63) is 29.3 Å². The Morgan fingerprint density at radius 2 is 1.63 bits per heavy atom. The highest BCUT2D eigenvalue weighted by Crippen LogP contribution is 2.24. The van der Waals surface area contributed by atoms with Crippen molar-refractivity contribution in [1.29, 1.82) is 0 Å². The van der Waals surface area contributed by atoms with Gasteiger partial charge in [-0.1, -0.05) is 31.7 Å². The Hall–Kier alpha value is -2.30. The fraction of sp³-hybridized carbons (Fsp3) is 0.679. The summed E-state index contributed by atoms with van der Waals surface area (Å²) in [6, 6.07) is 5.59. The summed E-state index contributed by atoms with van der Waals surface area (Å²) in [6.45, 7) is 5.00. The van der Waals surface area contributed by atoms with Gasteiger partial charge >= 0.3 is 6.09 Å². The molecule has 0 heterocycles. The summed E-state index contributed by atoms with van der Waals surface area (Å²) in [4.78, 5) is 41.9. The van der Waals surface area contributed by atoms with Gasteiger partial charge in [0.15, 0.2) is 0 Å². The van der Waals surface area contributed by atoms with Crippen molar-refractivity contribution in [3.8, 4) is 5.75 Å². The van der Waals surface area contributed by atoms with Gasteiger partial charge in [-0.15, -0.1) is 0 Å². The number of nitrogens with one attached hydrogen (secondary N) is 1. The molecular weight excluding hydrogens is 504 g/mol. The molecule has 1 aromatic rings. The van der Waals surface area contributed by atoms with Crippen LogP contribution in [0.25, 0.3) is 0 Å². The number of rotatable bonds is 19. The van der Waals surface area contributed by atoms with E-state index in [-0.39, 0.29) is 11.8 Å². The smallest absolute Gasteiger partial charge is 0.410 e. The summed E-state index contributed by atoms with van der Waals surface area (Å²) in [7, 11) is 7.26. The van der Waals surface area contributed by atoms with Gasteiger partial charge in [0.1, 0.15) is 5.75 Å². The number of nitrogens with zero attached hydrogens (tertiary/aromatic N) is 3. The van der Waals surface area contributed by atoms with Gasteiger partial charge in [-0.3, -0.25) is 9.59 Å². The topological polar surface area (TPSA) is 91.4 Å². The lowest BCUT2D eigenvalue weighted by Gasteiger charge is -2.24. The zero-order valence-corrected chi connectivity index (χ0v) is 24.9. The number of hydrogen-bond donors (Lipinski definition) is 2. The van der Waals surface area contributed by atoms with Crippen molar-refractivity contribution in [3.63, 3.8) is 0 Å². The Balaban J connectivity index is 2.62. The standard InChI is InChI=1S/C28H48N4O5S/c1-23(33)32(16-11-9-7-6-8-10-15-29-27(34)14-19-38)21-25-20-24(22-36-5)12-13-26(25)37-28(35)31(4)18-17-30(2)3/h12-13,20,38H,6-11,14-19,21-22H2,1-5H3,(H,29,34). The third kappa shape index (κ3) is 14.6. The van der Waals surface area contributed by atoms with Gasteiger partial charge in [0, 0.05) is 65.8 Å². The lowest BCUT2D eigenvalue weighted by Crippen LogP contribution is -2.35.